The van der Waals surface area contributed by atoms with E-state index in [2.05, 4.69) is 18.3 Å². The van der Waals surface area contributed by atoms with Gasteiger partial charge in [0.1, 0.15) is 30.8 Å². The van der Waals surface area contributed by atoms with Crippen molar-refractivity contribution in [1.29, 1.82) is 0 Å². The molecule has 0 aliphatic carbocycles. The summed E-state index contributed by atoms with van der Waals surface area (Å²) in [5.41, 5.74) is 1.21. The Morgan fingerprint density at radius 2 is 1.74 bits per heavy atom. The van der Waals surface area contributed by atoms with Crippen LogP contribution in [-0.4, -0.2) is 37.5 Å². The van der Waals surface area contributed by atoms with Crippen molar-refractivity contribution in [3.05, 3.63) is 60.2 Å². The molecule has 2 aromatic carbocycles. The summed E-state index contributed by atoms with van der Waals surface area (Å²) in [5.74, 6) is 1.70. The molecule has 2 aromatic rings. The van der Waals surface area contributed by atoms with Crippen LogP contribution in [-0.2, 0) is 6.42 Å². The predicted octanol–water partition coefficient (Wildman–Crippen LogP) is 2.66. The lowest BCUT2D eigenvalue weighted by molar-refractivity contribution is 0.105. The predicted molar refractivity (Wildman–Crippen MR) is 92.1 cm³/mol. The van der Waals surface area contributed by atoms with Crippen LogP contribution in [0.15, 0.2) is 54.6 Å². The summed E-state index contributed by atoms with van der Waals surface area (Å²) in [6.07, 6.45) is 0.414. The van der Waals surface area contributed by atoms with E-state index in [1.54, 1.807) is 0 Å². The Bertz CT molecular complexity index is 560. The van der Waals surface area contributed by atoms with Crippen molar-refractivity contribution in [1.82, 2.24) is 5.32 Å². The Labute approximate surface area is 138 Å². The molecule has 2 N–H and O–H groups in total. The smallest absolute Gasteiger partial charge is 0.122 e. The topological polar surface area (TPSA) is 50.7 Å². The fourth-order valence-corrected chi connectivity index (χ4v) is 2.21. The molecule has 0 aliphatic heterocycles. The number of rotatable bonds is 10. The molecule has 4 nitrogen and oxygen atoms in total. The van der Waals surface area contributed by atoms with Gasteiger partial charge in [0, 0.05) is 13.1 Å². The fraction of sp³-hybridized carbons (Fsp3) is 0.368. The molecule has 0 spiro atoms. The highest BCUT2D eigenvalue weighted by molar-refractivity contribution is 5.33. The maximum Gasteiger partial charge on any atom is 0.122 e. The second-order valence-electron chi connectivity index (χ2n) is 5.29. The number of ether oxygens (including phenoxy) is 2. The van der Waals surface area contributed by atoms with Crippen LogP contribution in [0.2, 0.25) is 0 Å². The number of para-hydroxylation sites is 2. The third-order valence-electron chi connectivity index (χ3n) is 3.46. The van der Waals surface area contributed by atoms with Crippen molar-refractivity contribution < 1.29 is 14.6 Å². The van der Waals surface area contributed by atoms with Gasteiger partial charge in [0.2, 0.25) is 0 Å². The SMILES string of the molecule is CCc1ccccc1OCCNCC(O)COc1ccccc1. The lowest BCUT2D eigenvalue weighted by Gasteiger charge is -2.14. The van der Waals surface area contributed by atoms with Crippen LogP contribution in [0.1, 0.15) is 12.5 Å². The van der Waals surface area contributed by atoms with E-state index >= 15 is 0 Å². The van der Waals surface area contributed by atoms with E-state index in [0.717, 1.165) is 17.9 Å². The number of aliphatic hydroxyl groups is 1. The van der Waals surface area contributed by atoms with E-state index < -0.39 is 6.10 Å². The van der Waals surface area contributed by atoms with Crippen molar-refractivity contribution >= 4 is 0 Å². The van der Waals surface area contributed by atoms with Crippen LogP contribution in [0.3, 0.4) is 0 Å². The lowest BCUT2D eigenvalue weighted by Crippen LogP contribution is -2.33. The monoisotopic (exact) mass is 315 g/mol. The van der Waals surface area contributed by atoms with Gasteiger partial charge >= 0.3 is 0 Å². The van der Waals surface area contributed by atoms with Gasteiger partial charge in [-0.1, -0.05) is 43.3 Å². The van der Waals surface area contributed by atoms with Gasteiger partial charge in [-0.2, -0.15) is 0 Å². The third-order valence-corrected chi connectivity index (χ3v) is 3.46. The van der Waals surface area contributed by atoms with Crippen molar-refractivity contribution in [2.75, 3.05) is 26.3 Å². The number of benzene rings is 2. The van der Waals surface area contributed by atoms with Crippen LogP contribution in [0.5, 0.6) is 11.5 Å². The van der Waals surface area contributed by atoms with Gasteiger partial charge in [-0.3, -0.25) is 0 Å². The molecule has 1 unspecified atom stereocenters. The highest BCUT2D eigenvalue weighted by atomic mass is 16.5. The van der Waals surface area contributed by atoms with E-state index in [0.29, 0.717) is 19.7 Å². The average molecular weight is 315 g/mol. The zero-order valence-electron chi connectivity index (χ0n) is 13.6. The summed E-state index contributed by atoms with van der Waals surface area (Å²) in [5, 5.41) is 13.1. The molecule has 0 radical (unpaired) electrons. The molecule has 0 amide bonds. The second-order valence-corrected chi connectivity index (χ2v) is 5.29. The standard InChI is InChI=1S/C19H25NO3/c1-2-16-8-6-7-11-19(16)22-13-12-20-14-17(21)15-23-18-9-4-3-5-10-18/h3-11,17,20-21H,2,12-15H2,1H3. The summed E-state index contributed by atoms with van der Waals surface area (Å²) in [6, 6.07) is 17.6. The molecule has 1 atom stereocenters. The number of nitrogens with one attached hydrogen (secondary N) is 1. The van der Waals surface area contributed by atoms with Crippen molar-refractivity contribution in [2.45, 2.75) is 19.4 Å². The molecule has 0 heterocycles. The Balaban J connectivity index is 1.58. The zero-order valence-corrected chi connectivity index (χ0v) is 13.6. The van der Waals surface area contributed by atoms with Gasteiger partial charge in [0.25, 0.3) is 0 Å². The third kappa shape index (κ3) is 6.30. The van der Waals surface area contributed by atoms with Crippen LogP contribution < -0.4 is 14.8 Å². The molecule has 124 valence electrons. The van der Waals surface area contributed by atoms with Crippen molar-refractivity contribution in [3.63, 3.8) is 0 Å². The minimum atomic E-state index is -0.543. The van der Waals surface area contributed by atoms with Gasteiger partial charge in [0.05, 0.1) is 0 Å². The normalized spacial score (nSPS) is 11.9. The van der Waals surface area contributed by atoms with E-state index in [4.69, 9.17) is 9.47 Å². The van der Waals surface area contributed by atoms with Gasteiger partial charge in [-0.05, 0) is 30.2 Å². The zero-order chi connectivity index (χ0) is 16.3. The summed E-state index contributed by atoms with van der Waals surface area (Å²) < 4.78 is 11.3. The molecular formula is C19H25NO3. The molecule has 0 saturated heterocycles. The Morgan fingerprint density at radius 1 is 1.00 bits per heavy atom. The molecule has 4 heteroatoms. The van der Waals surface area contributed by atoms with E-state index in [1.807, 2.05) is 48.5 Å². The largest absolute Gasteiger partial charge is 0.492 e. The van der Waals surface area contributed by atoms with Gasteiger partial charge in [0.15, 0.2) is 0 Å². The van der Waals surface area contributed by atoms with Crippen molar-refractivity contribution in [3.8, 4) is 11.5 Å². The fourth-order valence-electron chi connectivity index (χ4n) is 2.21. The Morgan fingerprint density at radius 3 is 2.52 bits per heavy atom. The van der Waals surface area contributed by atoms with Gasteiger partial charge in [-0.15, -0.1) is 0 Å². The summed E-state index contributed by atoms with van der Waals surface area (Å²) >= 11 is 0. The van der Waals surface area contributed by atoms with Crippen LogP contribution in [0.25, 0.3) is 0 Å². The first-order chi connectivity index (χ1) is 11.3. The van der Waals surface area contributed by atoms with E-state index in [1.165, 1.54) is 5.56 Å². The maximum atomic E-state index is 9.88. The summed E-state index contributed by atoms with van der Waals surface area (Å²) in [4.78, 5) is 0. The Kier molecular flexibility index (Phi) is 7.43. The molecule has 0 bridgehead atoms. The minimum Gasteiger partial charge on any atom is -0.492 e. The number of aryl methyl sites for hydroxylation is 1. The Hall–Kier alpha value is -2.04. The lowest BCUT2D eigenvalue weighted by atomic mass is 10.1. The van der Waals surface area contributed by atoms with E-state index in [9.17, 15) is 5.11 Å². The average Bonchev–Trinajstić information content (AvgIpc) is 2.61. The summed E-state index contributed by atoms with van der Waals surface area (Å²) in [7, 11) is 0. The first-order valence-corrected chi connectivity index (χ1v) is 8.07. The minimum absolute atomic E-state index is 0.274. The molecule has 0 aliphatic rings. The van der Waals surface area contributed by atoms with E-state index in [-0.39, 0.29) is 6.61 Å². The second kappa shape index (κ2) is 9.87. The molecule has 2 rings (SSSR count). The van der Waals surface area contributed by atoms with Gasteiger partial charge < -0.3 is 19.9 Å². The van der Waals surface area contributed by atoms with Crippen LogP contribution >= 0.6 is 0 Å². The van der Waals surface area contributed by atoms with Crippen LogP contribution in [0.4, 0.5) is 0 Å². The molecule has 23 heavy (non-hydrogen) atoms. The highest BCUT2D eigenvalue weighted by Crippen LogP contribution is 2.17. The quantitative estimate of drug-likeness (QED) is 0.662. The first-order valence-electron chi connectivity index (χ1n) is 8.07. The first kappa shape index (κ1) is 17.3. The van der Waals surface area contributed by atoms with Crippen LogP contribution in [0, 0.1) is 0 Å². The maximum absolute atomic E-state index is 9.88. The molecular weight excluding hydrogens is 290 g/mol. The van der Waals surface area contributed by atoms with Gasteiger partial charge in [-0.25, -0.2) is 0 Å². The molecule has 0 saturated carbocycles. The van der Waals surface area contributed by atoms with Crippen molar-refractivity contribution in [2.24, 2.45) is 0 Å². The number of aliphatic hydroxyl groups excluding tert-OH is 1. The summed E-state index contributed by atoms with van der Waals surface area (Å²) in [6.45, 7) is 4.12. The molecule has 0 fully saturated rings. The molecule has 0 aromatic heterocycles. The number of hydrogen-bond donors (Lipinski definition) is 2. The highest BCUT2D eigenvalue weighted by Gasteiger charge is 2.05. The number of hydrogen-bond acceptors (Lipinski definition) is 4.